The van der Waals surface area contributed by atoms with Gasteiger partial charge in [-0.2, -0.15) is 0 Å². The molecule has 0 aliphatic carbocycles. The predicted molar refractivity (Wildman–Crippen MR) is 89.4 cm³/mol. The lowest BCUT2D eigenvalue weighted by molar-refractivity contribution is -0.135. The van der Waals surface area contributed by atoms with Gasteiger partial charge in [0.1, 0.15) is 12.1 Å². The van der Waals surface area contributed by atoms with Gasteiger partial charge in [-0.1, -0.05) is 6.07 Å². The Labute approximate surface area is 153 Å². The highest BCUT2D eigenvalue weighted by Crippen LogP contribution is 2.30. The molecule has 0 bridgehead atoms. The number of hydrogen-bond donors (Lipinski definition) is 3. The smallest absolute Gasteiger partial charge is 0.346 e. The summed E-state index contributed by atoms with van der Waals surface area (Å²) in [5.41, 5.74) is -1.53. The van der Waals surface area contributed by atoms with Crippen molar-refractivity contribution < 1.29 is 37.4 Å². The van der Waals surface area contributed by atoms with E-state index in [1.165, 1.54) is 12.1 Å². The Bertz CT molecular complexity index is 1160. The van der Waals surface area contributed by atoms with Gasteiger partial charge in [0, 0.05) is 5.39 Å². The molecule has 3 N–H and O–H groups in total. The Kier molecular flexibility index (Phi) is 4.78. The molecule has 0 saturated heterocycles. The molecular weight excluding hydrogens is 383 g/mol. The lowest BCUT2D eigenvalue weighted by Crippen LogP contribution is -2.29. The average molecular weight is 393 g/mol. The van der Waals surface area contributed by atoms with E-state index >= 15 is 0 Å². The maximum absolute atomic E-state index is 13.5. The fourth-order valence-corrected chi connectivity index (χ4v) is 2.60. The number of aromatic hydroxyl groups is 1. The van der Waals surface area contributed by atoms with E-state index in [1.807, 2.05) is 5.32 Å². The van der Waals surface area contributed by atoms with Crippen LogP contribution in [0.3, 0.4) is 0 Å². The molecule has 0 saturated carbocycles. The molecule has 7 nitrogen and oxygen atoms in total. The second kappa shape index (κ2) is 7.06. The van der Waals surface area contributed by atoms with Gasteiger partial charge in [0.15, 0.2) is 17.5 Å². The van der Waals surface area contributed by atoms with Gasteiger partial charge >= 0.3 is 11.6 Å². The minimum absolute atomic E-state index is 0.0945. The number of amides is 1. The SMILES string of the molecule is O=C(O)CNC(=O)c1c(O)oc(=O)c2ccc(-c3cc(F)c(F)c(F)c3)cc12. The largest absolute Gasteiger partial charge is 0.480 e. The van der Waals surface area contributed by atoms with Gasteiger partial charge < -0.3 is 19.9 Å². The predicted octanol–water partition coefficient (Wildman–Crippen LogP) is 2.40. The molecule has 10 heteroatoms. The molecule has 0 radical (unpaired) electrons. The summed E-state index contributed by atoms with van der Waals surface area (Å²) in [6, 6.07) is 5.06. The maximum atomic E-state index is 13.5. The van der Waals surface area contributed by atoms with Gasteiger partial charge in [-0.15, -0.1) is 0 Å². The highest BCUT2D eigenvalue weighted by atomic mass is 19.2. The van der Waals surface area contributed by atoms with E-state index in [-0.39, 0.29) is 21.9 Å². The Hall–Kier alpha value is -3.82. The number of carboxylic acids is 1. The quantitative estimate of drug-likeness (QED) is 0.586. The molecule has 1 heterocycles. The summed E-state index contributed by atoms with van der Waals surface area (Å²) >= 11 is 0. The zero-order chi connectivity index (χ0) is 20.6. The number of nitrogens with one attached hydrogen (secondary N) is 1. The molecule has 0 atom stereocenters. The zero-order valence-corrected chi connectivity index (χ0v) is 13.8. The van der Waals surface area contributed by atoms with Gasteiger partial charge in [0.25, 0.3) is 11.9 Å². The van der Waals surface area contributed by atoms with E-state index in [4.69, 9.17) is 5.11 Å². The second-order valence-corrected chi connectivity index (χ2v) is 5.66. The fraction of sp³-hybridized carbons (Fsp3) is 0.0556. The Morgan fingerprint density at radius 3 is 2.25 bits per heavy atom. The zero-order valence-electron chi connectivity index (χ0n) is 13.8. The van der Waals surface area contributed by atoms with Crippen LogP contribution in [0.1, 0.15) is 10.4 Å². The highest BCUT2D eigenvalue weighted by Gasteiger charge is 2.21. The van der Waals surface area contributed by atoms with E-state index in [2.05, 4.69) is 4.42 Å². The van der Waals surface area contributed by atoms with E-state index in [9.17, 15) is 32.7 Å². The monoisotopic (exact) mass is 393 g/mol. The number of fused-ring (bicyclic) bond motifs is 1. The third-order valence-corrected chi connectivity index (χ3v) is 3.86. The van der Waals surface area contributed by atoms with Crippen molar-refractivity contribution in [1.82, 2.24) is 5.32 Å². The van der Waals surface area contributed by atoms with E-state index in [0.717, 1.165) is 18.2 Å². The molecule has 1 amide bonds. The second-order valence-electron chi connectivity index (χ2n) is 5.66. The summed E-state index contributed by atoms with van der Waals surface area (Å²) in [7, 11) is 0. The molecule has 0 aliphatic rings. The van der Waals surface area contributed by atoms with Crippen LogP contribution in [-0.4, -0.2) is 28.6 Å². The van der Waals surface area contributed by atoms with E-state index in [0.29, 0.717) is 0 Å². The van der Waals surface area contributed by atoms with E-state index in [1.54, 1.807) is 0 Å². The minimum atomic E-state index is -1.66. The number of hydrogen-bond acceptors (Lipinski definition) is 5. The summed E-state index contributed by atoms with van der Waals surface area (Å²) in [5.74, 6) is -8.00. The van der Waals surface area contributed by atoms with Crippen LogP contribution in [0.2, 0.25) is 0 Å². The van der Waals surface area contributed by atoms with Crippen molar-refractivity contribution in [2.24, 2.45) is 0 Å². The van der Waals surface area contributed by atoms with Gasteiger partial charge in [-0.3, -0.25) is 9.59 Å². The molecular formula is C18H10F3NO6. The standard InChI is InChI=1S/C18H10F3NO6/c19-11-4-8(5-12(20)15(11)21)7-1-2-9-10(3-7)14(18(27)28-17(9)26)16(25)22-6-13(23)24/h1-5,27H,6H2,(H,22,25)(H,23,24). The highest BCUT2D eigenvalue weighted by molar-refractivity contribution is 6.09. The van der Waals surface area contributed by atoms with Crippen molar-refractivity contribution in [2.75, 3.05) is 6.54 Å². The molecule has 28 heavy (non-hydrogen) atoms. The lowest BCUT2D eigenvalue weighted by atomic mass is 9.99. The Balaban J connectivity index is 2.22. The van der Waals surface area contributed by atoms with Crippen LogP contribution in [0.15, 0.2) is 39.5 Å². The van der Waals surface area contributed by atoms with Crippen LogP contribution < -0.4 is 10.9 Å². The average Bonchev–Trinajstić information content (AvgIpc) is 2.63. The minimum Gasteiger partial charge on any atom is -0.480 e. The van der Waals surface area contributed by atoms with Crippen LogP contribution in [0.5, 0.6) is 5.95 Å². The fourth-order valence-electron chi connectivity index (χ4n) is 2.60. The molecule has 144 valence electrons. The van der Waals surface area contributed by atoms with Crippen molar-refractivity contribution in [1.29, 1.82) is 0 Å². The molecule has 0 unspecified atom stereocenters. The Morgan fingerprint density at radius 1 is 1.00 bits per heavy atom. The number of rotatable bonds is 4. The van der Waals surface area contributed by atoms with Crippen LogP contribution in [0.25, 0.3) is 21.9 Å². The van der Waals surface area contributed by atoms with Crippen molar-refractivity contribution in [2.45, 2.75) is 0 Å². The first-order chi connectivity index (χ1) is 13.2. The number of carbonyl (C=O) groups is 2. The Morgan fingerprint density at radius 2 is 1.64 bits per heavy atom. The molecule has 0 spiro atoms. The first-order valence-electron chi connectivity index (χ1n) is 7.63. The summed E-state index contributed by atoms with van der Waals surface area (Å²) in [6.07, 6.45) is 0. The van der Waals surface area contributed by atoms with Crippen LogP contribution in [-0.2, 0) is 4.79 Å². The molecule has 1 aromatic heterocycles. The topological polar surface area (TPSA) is 117 Å². The third-order valence-electron chi connectivity index (χ3n) is 3.86. The molecule has 3 rings (SSSR count). The normalized spacial score (nSPS) is 10.8. The summed E-state index contributed by atoms with van der Waals surface area (Å²) < 4.78 is 44.8. The van der Waals surface area contributed by atoms with Gasteiger partial charge in [-0.05, 0) is 35.4 Å². The van der Waals surface area contributed by atoms with Crippen molar-refractivity contribution in [3.8, 4) is 17.1 Å². The van der Waals surface area contributed by atoms with Gasteiger partial charge in [0.2, 0.25) is 0 Å². The number of carboxylic acid groups (broad SMARTS) is 1. The van der Waals surface area contributed by atoms with Crippen molar-refractivity contribution in [3.63, 3.8) is 0 Å². The van der Waals surface area contributed by atoms with Gasteiger partial charge in [0.05, 0.1) is 5.39 Å². The number of carbonyl (C=O) groups excluding carboxylic acids is 1. The van der Waals surface area contributed by atoms with Crippen molar-refractivity contribution >= 4 is 22.6 Å². The van der Waals surface area contributed by atoms with Crippen LogP contribution in [0.4, 0.5) is 13.2 Å². The van der Waals surface area contributed by atoms with Crippen LogP contribution in [0, 0.1) is 17.5 Å². The summed E-state index contributed by atoms with van der Waals surface area (Å²) in [5, 5.41) is 20.2. The maximum Gasteiger partial charge on any atom is 0.346 e. The lowest BCUT2D eigenvalue weighted by Gasteiger charge is -2.10. The molecule has 2 aromatic carbocycles. The summed E-state index contributed by atoms with van der Waals surface area (Å²) in [4.78, 5) is 34.8. The molecule has 0 fully saturated rings. The molecule has 3 aromatic rings. The van der Waals surface area contributed by atoms with Crippen LogP contribution >= 0.6 is 0 Å². The third kappa shape index (κ3) is 3.39. The number of halogens is 3. The number of benzene rings is 2. The van der Waals surface area contributed by atoms with Crippen molar-refractivity contribution in [3.05, 3.63) is 63.8 Å². The first kappa shape index (κ1) is 19.0. The summed E-state index contributed by atoms with van der Waals surface area (Å²) in [6.45, 7) is -0.771. The van der Waals surface area contributed by atoms with E-state index < -0.39 is 53.0 Å². The number of aliphatic carboxylic acids is 1. The first-order valence-corrected chi connectivity index (χ1v) is 7.63. The van der Waals surface area contributed by atoms with Gasteiger partial charge in [-0.25, -0.2) is 18.0 Å². The molecule has 0 aliphatic heterocycles.